The summed E-state index contributed by atoms with van der Waals surface area (Å²) >= 11 is 0. The summed E-state index contributed by atoms with van der Waals surface area (Å²) in [6, 6.07) is 5.60. The van der Waals surface area contributed by atoms with Gasteiger partial charge in [-0.05, 0) is 64.3 Å². The molecule has 1 heterocycles. The van der Waals surface area contributed by atoms with Crippen molar-refractivity contribution in [3.8, 4) is 0 Å². The number of piperidine rings is 1. The van der Waals surface area contributed by atoms with Gasteiger partial charge in [0.25, 0.3) is 0 Å². The van der Waals surface area contributed by atoms with E-state index in [1.165, 1.54) is 12.1 Å². The lowest BCUT2D eigenvalue weighted by Crippen LogP contribution is -2.48. The highest BCUT2D eigenvalue weighted by Crippen LogP contribution is 2.37. The van der Waals surface area contributed by atoms with Gasteiger partial charge in [-0.25, -0.2) is 0 Å². The molecule has 0 aliphatic carbocycles. The molecular weight excluding hydrogens is 371 g/mol. The second-order valence-corrected chi connectivity index (χ2v) is 7.53. The van der Waals surface area contributed by atoms with Crippen molar-refractivity contribution in [2.75, 3.05) is 33.4 Å². The Bertz CT molecular complexity index is 640. The molecule has 4 nitrogen and oxygen atoms in total. The molecule has 1 aromatic carbocycles. The van der Waals surface area contributed by atoms with Crippen LogP contribution in [-0.4, -0.2) is 50.3 Å². The van der Waals surface area contributed by atoms with Crippen molar-refractivity contribution in [3.05, 3.63) is 35.4 Å². The lowest BCUT2D eigenvalue weighted by Gasteiger charge is -2.42. The van der Waals surface area contributed by atoms with Gasteiger partial charge in [-0.15, -0.1) is 0 Å². The van der Waals surface area contributed by atoms with E-state index in [9.17, 15) is 18.0 Å². The second kappa shape index (κ2) is 9.74. The summed E-state index contributed by atoms with van der Waals surface area (Å²) < 4.78 is 49.2. The minimum absolute atomic E-state index is 0.0890. The van der Waals surface area contributed by atoms with Crippen molar-refractivity contribution in [1.82, 2.24) is 4.90 Å². The van der Waals surface area contributed by atoms with Crippen molar-refractivity contribution in [1.29, 1.82) is 0 Å². The summed E-state index contributed by atoms with van der Waals surface area (Å²) in [5.41, 5.74) is -0.473. The van der Waals surface area contributed by atoms with Crippen LogP contribution in [0.1, 0.15) is 44.2 Å². The molecule has 1 aliphatic heterocycles. The molecule has 1 saturated heterocycles. The summed E-state index contributed by atoms with van der Waals surface area (Å²) in [6.45, 7) is 6.09. The first kappa shape index (κ1) is 22.7. The number of esters is 1. The van der Waals surface area contributed by atoms with E-state index in [2.05, 4.69) is 4.90 Å². The molecule has 0 N–H and O–H groups in total. The molecule has 7 heteroatoms. The van der Waals surface area contributed by atoms with Crippen LogP contribution in [-0.2, 0) is 26.9 Å². The average molecular weight is 401 g/mol. The molecule has 1 aromatic rings. The fraction of sp³-hybridized carbons (Fsp3) is 0.667. The molecular formula is C21H30F3NO3. The highest BCUT2D eigenvalue weighted by atomic mass is 19.4. The molecule has 0 bridgehead atoms. The number of nitrogens with zero attached hydrogens (tertiary/aromatic N) is 1. The maximum atomic E-state index is 12.9. The number of rotatable bonds is 8. The molecule has 2 rings (SSSR count). The lowest BCUT2D eigenvalue weighted by atomic mass is 9.75. The average Bonchev–Trinajstić information content (AvgIpc) is 2.66. The summed E-state index contributed by atoms with van der Waals surface area (Å²) in [7, 11) is 1.62. The van der Waals surface area contributed by atoms with E-state index >= 15 is 0 Å². The Labute approximate surface area is 165 Å². The van der Waals surface area contributed by atoms with Crippen molar-refractivity contribution >= 4 is 5.97 Å². The predicted octanol–water partition coefficient (Wildman–Crippen LogP) is 4.32. The van der Waals surface area contributed by atoms with E-state index in [0.29, 0.717) is 57.6 Å². The van der Waals surface area contributed by atoms with Crippen LogP contribution >= 0.6 is 0 Å². The zero-order valence-electron chi connectivity index (χ0n) is 16.8. The van der Waals surface area contributed by atoms with Crippen LogP contribution in [0.2, 0.25) is 0 Å². The van der Waals surface area contributed by atoms with Crippen LogP contribution in [0.15, 0.2) is 24.3 Å². The van der Waals surface area contributed by atoms with Gasteiger partial charge < -0.3 is 14.4 Å². The standard InChI is InChI=1S/C21H30F3NO3/c1-4-28-19(26)20(10-13-27-3)8-11-25(12-9-20)16(2)14-17-6-5-7-18(15-17)21(22,23)24/h5-7,15-16H,4,8-14H2,1-3H3. The number of carbonyl (C=O) groups excluding carboxylic acids is 1. The number of likely N-dealkylation sites (tertiary alicyclic amines) is 1. The number of hydrogen-bond acceptors (Lipinski definition) is 4. The van der Waals surface area contributed by atoms with E-state index in [4.69, 9.17) is 9.47 Å². The number of methoxy groups -OCH3 is 1. The Balaban J connectivity index is 2.00. The smallest absolute Gasteiger partial charge is 0.416 e. The predicted molar refractivity (Wildman–Crippen MR) is 101 cm³/mol. The van der Waals surface area contributed by atoms with E-state index in [0.717, 1.165) is 6.07 Å². The first-order valence-corrected chi connectivity index (χ1v) is 9.78. The van der Waals surface area contributed by atoms with Gasteiger partial charge in [-0.2, -0.15) is 13.2 Å². The van der Waals surface area contributed by atoms with Gasteiger partial charge in [0.2, 0.25) is 0 Å². The molecule has 0 aromatic heterocycles. The Hall–Kier alpha value is -1.60. The molecule has 1 fully saturated rings. The zero-order chi connectivity index (χ0) is 20.8. The summed E-state index contributed by atoms with van der Waals surface area (Å²) in [5.74, 6) is -0.169. The highest BCUT2D eigenvalue weighted by molar-refractivity contribution is 5.77. The SMILES string of the molecule is CCOC(=O)C1(CCOC)CCN(C(C)Cc2cccc(C(F)(F)F)c2)CC1. The quantitative estimate of drug-likeness (QED) is 0.608. The monoisotopic (exact) mass is 401 g/mol. The fourth-order valence-electron chi connectivity index (χ4n) is 3.88. The van der Waals surface area contributed by atoms with Gasteiger partial charge in [0.15, 0.2) is 0 Å². The number of halogens is 3. The van der Waals surface area contributed by atoms with E-state index < -0.39 is 17.2 Å². The molecule has 28 heavy (non-hydrogen) atoms. The number of hydrogen-bond donors (Lipinski definition) is 0. The topological polar surface area (TPSA) is 38.8 Å². The zero-order valence-corrected chi connectivity index (χ0v) is 16.8. The van der Waals surface area contributed by atoms with Gasteiger partial charge in [-0.3, -0.25) is 4.79 Å². The Morgan fingerprint density at radius 3 is 2.54 bits per heavy atom. The number of carbonyl (C=O) groups is 1. The molecule has 0 radical (unpaired) electrons. The highest BCUT2D eigenvalue weighted by Gasteiger charge is 2.43. The van der Waals surface area contributed by atoms with Crippen LogP contribution in [0.5, 0.6) is 0 Å². The van der Waals surface area contributed by atoms with Gasteiger partial charge in [0.05, 0.1) is 17.6 Å². The van der Waals surface area contributed by atoms with Crippen molar-refractivity contribution in [2.24, 2.45) is 5.41 Å². The second-order valence-electron chi connectivity index (χ2n) is 7.53. The minimum Gasteiger partial charge on any atom is -0.466 e. The van der Waals surface area contributed by atoms with Crippen LogP contribution in [0.25, 0.3) is 0 Å². The Morgan fingerprint density at radius 2 is 1.96 bits per heavy atom. The number of ether oxygens (including phenoxy) is 2. The normalized spacial score (nSPS) is 18.6. The molecule has 1 aliphatic rings. The maximum Gasteiger partial charge on any atom is 0.416 e. The van der Waals surface area contributed by atoms with Crippen molar-refractivity contribution < 1.29 is 27.4 Å². The third kappa shape index (κ3) is 5.70. The van der Waals surface area contributed by atoms with E-state index in [1.807, 2.05) is 6.92 Å². The molecule has 1 unspecified atom stereocenters. The van der Waals surface area contributed by atoms with Gasteiger partial charge in [0, 0.05) is 19.8 Å². The maximum absolute atomic E-state index is 12.9. The third-order valence-corrected chi connectivity index (χ3v) is 5.66. The van der Waals surface area contributed by atoms with Crippen LogP contribution in [0.3, 0.4) is 0 Å². The van der Waals surface area contributed by atoms with E-state index in [1.54, 1.807) is 20.1 Å². The summed E-state index contributed by atoms with van der Waals surface area (Å²) in [6.07, 6.45) is -1.83. The summed E-state index contributed by atoms with van der Waals surface area (Å²) in [5, 5.41) is 0. The molecule has 158 valence electrons. The number of benzene rings is 1. The van der Waals surface area contributed by atoms with Gasteiger partial charge in [0.1, 0.15) is 0 Å². The summed E-state index contributed by atoms with van der Waals surface area (Å²) in [4.78, 5) is 14.8. The fourth-order valence-corrected chi connectivity index (χ4v) is 3.88. The van der Waals surface area contributed by atoms with E-state index in [-0.39, 0.29) is 12.0 Å². The van der Waals surface area contributed by atoms with Crippen LogP contribution in [0.4, 0.5) is 13.2 Å². The first-order valence-electron chi connectivity index (χ1n) is 9.78. The first-order chi connectivity index (χ1) is 13.2. The Morgan fingerprint density at radius 1 is 1.29 bits per heavy atom. The third-order valence-electron chi connectivity index (χ3n) is 5.66. The van der Waals surface area contributed by atoms with Gasteiger partial charge >= 0.3 is 12.1 Å². The molecule has 0 amide bonds. The minimum atomic E-state index is -4.33. The van der Waals surface area contributed by atoms with Gasteiger partial charge in [-0.1, -0.05) is 18.2 Å². The molecule has 0 spiro atoms. The number of alkyl halides is 3. The van der Waals surface area contributed by atoms with Crippen LogP contribution in [0, 0.1) is 5.41 Å². The molecule has 1 atom stereocenters. The van der Waals surface area contributed by atoms with Crippen molar-refractivity contribution in [3.63, 3.8) is 0 Å². The lowest BCUT2D eigenvalue weighted by molar-refractivity contribution is -0.160. The van der Waals surface area contributed by atoms with Crippen LogP contribution < -0.4 is 0 Å². The largest absolute Gasteiger partial charge is 0.466 e. The van der Waals surface area contributed by atoms with Crippen molar-refractivity contribution in [2.45, 2.75) is 51.7 Å². The molecule has 0 saturated carbocycles. The Kier molecular flexibility index (Phi) is 7.89.